The number of halogens is 2. The summed E-state index contributed by atoms with van der Waals surface area (Å²) in [4.78, 5) is 23.2. The van der Waals surface area contributed by atoms with Crippen LogP contribution in [-0.2, 0) is 23.6 Å². The summed E-state index contributed by atoms with van der Waals surface area (Å²) in [5.74, 6) is -0.534. The molecule has 2 aromatic heterocycles. The van der Waals surface area contributed by atoms with Crippen molar-refractivity contribution in [2.24, 2.45) is 0 Å². The molecule has 3 aliphatic rings. The first kappa shape index (κ1) is 29.8. The van der Waals surface area contributed by atoms with E-state index in [-0.39, 0.29) is 23.7 Å². The maximum Gasteiger partial charge on any atom is 0.373 e. The molecule has 2 atom stereocenters. The summed E-state index contributed by atoms with van der Waals surface area (Å²) in [7, 11) is 0. The summed E-state index contributed by atoms with van der Waals surface area (Å²) in [5, 5.41) is 9.78. The Morgan fingerprint density at radius 1 is 1.13 bits per heavy atom. The number of benzene rings is 2. The van der Waals surface area contributed by atoms with Crippen LogP contribution in [0.25, 0.3) is 11.6 Å². The average molecular weight is 637 g/mol. The number of fused-ring (bicyclic) bond motifs is 1. The molecule has 0 saturated carbocycles. The van der Waals surface area contributed by atoms with E-state index in [1.807, 2.05) is 19.1 Å². The third kappa shape index (κ3) is 5.47. The van der Waals surface area contributed by atoms with Crippen molar-refractivity contribution >= 4 is 17.6 Å². The lowest BCUT2D eigenvalue weighted by Gasteiger charge is -2.33. The highest BCUT2D eigenvalue weighted by Crippen LogP contribution is 2.50. The Labute approximate surface area is 264 Å². The lowest BCUT2D eigenvalue weighted by atomic mass is 9.88. The van der Waals surface area contributed by atoms with Crippen LogP contribution < -0.4 is 9.47 Å². The molecule has 12 heteroatoms. The average Bonchev–Trinajstić information content (AvgIpc) is 3.63. The van der Waals surface area contributed by atoms with Gasteiger partial charge in [-0.3, -0.25) is 4.90 Å². The van der Waals surface area contributed by atoms with Gasteiger partial charge in [0.2, 0.25) is 11.7 Å². The maximum atomic E-state index is 14.8. The number of nitrogens with zero attached hydrogens (tertiary/aromatic N) is 4. The molecule has 2 aromatic carbocycles. The molecule has 10 nitrogen and oxygen atoms in total. The van der Waals surface area contributed by atoms with E-state index in [4.69, 9.17) is 35.2 Å². The van der Waals surface area contributed by atoms with Crippen molar-refractivity contribution in [3.8, 4) is 23.1 Å². The number of likely N-dealkylation sites (tertiary alicyclic amines) is 1. The molecule has 0 aliphatic carbocycles. The Bertz CT molecular complexity index is 1780. The zero-order chi connectivity index (χ0) is 31.5. The summed E-state index contributed by atoms with van der Waals surface area (Å²) in [6.45, 7) is 9.00. The van der Waals surface area contributed by atoms with E-state index in [0.717, 1.165) is 56.0 Å². The smallest absolute Gasteiger partial charge is 0.373 e. The normalized spacial score (nSPS) is 21.7. The molecule has 0 bridgehead atoms. The molecule has 2 saturated heterocycles. The SMILES string of the molecule is Cc1nc(-c2nc(CN3CCC(c4cccc5c4O[C@@](C)(c4ccc(Cl)cc4F)O5)CC3)n(C[C@@H]3CCO3)c2C)oc1C(=O)O. The predicted octanol–water partition coefficient (Wildman–Crippen LogP) is 6.46. The van der Waals surface area contributed by atoms with Crippen LogP contribution in [-0.4, -0.2) is 56.3 Å². The third-order valence-electron chi connectivity index (χ3n) is 9.10. The van der Waals surface area contributed by atoms with Crippen LogP contribution >= 0.6 is 11.6 Å². The molecule has 0 radical (unpaired) electrons. The van der Waals surface area contributed by atoms with Gasteiger partial charge >= 0.3 is 5.97 Å². The number of para-hydroxylation sites is 1. The molecule has 0 unspecified atom stereocenters. The monoisotopic (exact) mass is 636 g/mol. The van der Waals surface area contributed by atoms with Gasteiger partial charge in [-0.15, -0.1) is 0 Å². The van der Waals surface area contributed by atoms with Gasteiger partial charge in [0.25, 0.3) is 5.79 Å². The highest BCUT2D eigenvalue weighted by Gasteiger charge is 2.43. The van der Waals surface area contributed by atoms with Gasteiger partial charge in [0.05, 0.1) is 30.5 Å². The fraction of sp³-hybridized carbons (Fsp3) is 0.424. The second kappa shape index (κ2) is 11.5. The predicted molar refractivity (Wildman–Crippen MR) is 162 cm³/mol. The second-order valence-electron chi connectivity index (χ2n) is 12.1. The van der Waals surface area contributed by atoms with E-state index < -0.39 is 17.6 Å². The first-order chi connectivity index (χ1) is 21.6. The molecular formula is C33H34ClFN4O6. The standard InChI is InChI=1S/C33H34ClFN4O6/c1-18-29(32(40)41)43-31(36-18)28-19(2)39(16-22-11-14-42-22)27(37-28)17-38-12-9-20(10-13-38)23-5-4-6-26-30(23)45-33(3,44-26)24-8-7-21(34)15-25(24)35/h4-8,15,20,22H,9-14,16-17H2,1-3H3,(H,40,41)/t22-,33-/m0/s1. The van der Waals surface area contributed by atoms with E-state index in [2.05, 4.69) is 20.5 Å². The van der Waals surface area contributed by atoms with Crippen molar-refractivity contribution in [3.63, 3.8) is 0 Å². The number of piperidine rings is 1. The van der Waals surface area contributed by atoms with Crippen molar-refractivity contribution in [3.05, 3.63) is 81.3 Å². The van der Waals surface area contributed by atoms with E-state index in [1.54, 1.807) is 26.0 Å². The molecular weight excluding hydrogens is 603 g/mol. The molecule has 0 amide bonds. The van der Waals surface area contributed by atoms with Crippen LogP contribution in [0.15, 0.2) is 40.8 Å². The maximum absolute atomic E-state index is 14.8. The Morgan fingerprint density at radius 3 is 2.58 bits per heavy atom. The number of ether oxygens (including phenoxy) is 3. The van der Waals surface area contributed by atoms with Gasteiger partial charge in [-0.1, -0.05) is 23.7 Å². The fourth-order valence-electron chi connectivity index (χ4n) is 6.52. The molecule has 2 fully saturated rings. The van der Waals surface area contributed by atoms with Crippen molar-refractivity contribution < 1.29 is 32.9 Å². The van der Waals surface area contributed by atoms with Gasteiger partial charge in [0, 0.05) is 29.8 Å². The van der Waals surface area contributed by atoms with E-state index in [0.29, 0.717) is 46.6 Å². The van der Waals surface area contributed by atoms with E-state index in [1.165, 1.54) is 6.07 Å². The largest absolute Gasteiger partial charge is 0.475 e. The summed E-state index contributed by atoms with van der Waals surface area (Å²) in [6, 6.07) is 10.4. The van der Waals surface area contributed by atoms with Crippen molar-refractivity contribution in [1.29, 1.82) is 0 Å². The Kier molecular flexibility index (Phi) is 7.58. The quantitative estimate of drug-likeness (QED) is 0.233. The van der Waals surface area contributed by atoms with Gasteiger partial charge in [-0.25, -0.2) is 19.2 Å². The van der Waals surface area contributed by atoms with Crippen LogP contribution in [0.4, 0.5) is 4.39 Å². The van der Waals surface area contributed by atoms with Crippen molar-refractivity contribution in [2.75, 3.05) is 19.7 Å². The lowest BCUT2D eigenvalue weighted by molar-refractivity contribution is -0.0712. The van der Waals surface area contributed by atoms with Crippen molar-refractivity contribution in [2.45, 2.75) is 70.9 Å². The molecule has 4 aromatic rings. The topological polar surface area (TPSA) is 112 Å². The minimum atomic E-state index is -1.29. The van der Waals surface area contributed by atoms with Gasteiger partial charge in [-0.2, -0.15) is 0 Å². The Balaban J connectivity index is 1.08. The number of rotatable bonds is 8. The molecule has 3 aliphatic heterocycles. The molecule has 7 rings (SSSR count). The molecule has 1 N–H and O–H groups in total. The van der Waals surface area contributed by atoms with Crippen LogP contribution in [0.3, 0.4) is 0 Å². The summed E-state index contributed by atoms with van der Waals surface area (Å²) >= 11 is 5.98. The van der Waals surface area contributed by atoms with Crippen LogP contribution in [0.1, 0.15) is 71.0 Å². The Hall–Kier alpha value is -3.93. The summed E-state index contributed by atoms with van der Waals surface area (Å²) < 4.78 is 40.9. The van der Waals surface area contributed by atoms with Gasteiger partial charge in [-0.05, 0) is 76.4 Å². The summed E-state index contributed by atoms with van der Waals surface area (Å²) in [6.07, 6.45) is 2.89. The lowest BCUT2D eigenvalue weighted by Crippen LogP contribution is -2.35. The summed E-state index contributed by atoms with van der Waals surface area (Å²) in [5.41, 5.74) is 3.08. The number of hydrogen-bond donors (Lipinski definition) is 1. The molecule has 5 heterocycles. The fourth-order valence-corrected chi connectivity index (χ4v) is 6.68. The van der Waals surface area contributed by atoms with Crippen molar-refractivity contribution in [1.82, 2.24) is 19.4 Å². The van der Waals surface area contributed by atoms with Gasteiger partial charge in [0.15, 0.2) is 11.5 Å². The van der Waals surface area contributed by atoms with E-state index >= 15 is 0 Å². The minimum absolute atomic E-state index is 0.116. The number of hydrogen-bond acceptors (Lipinski definition) is 8. The number of imidazole rings is 1. The first-order valence-corrected chi connectivity index (χ1v) is 15.5. The number of carboxylic acids is 1. The van der Waals surface area contributed by atoms with Crippen LogP contribution in [0.5, 0.6) is 11.5 Å². The van der Waals surface area contributed by atoms with Crippen LogP contribution in [0, 0.1) is 19.7 Å². The zero-order valence-electron chi connectivity index (χ0n) is 25.3. The molecule has 236 valence electrons. The van der Waals surface area contributed by atoms with Gasteiger partial charge < -0.3 is 28.3 Å². The number of oxazole rings is 1. The van der Waals surface area contributed by atoms with Gasteiger partial charge in [0.1, 0.15) is 17.3 Å². The molecule has 45 heavy (non-hydrogen) atoms. The highest BCUT2D eigenvalue weighted by atomic mass is 35.5. The second-order valence-corrected chi connectivity index (χ2v) is 12.5. The minimum Gasteiger partial charge on any atom is -0.475 e. The number of carboxylic acid groups (broad SMARTS) is 1. The Morgan fingerprint density at radius 2 is 1.91 bits per heavy atom. The number of aromatic nitrogens is 3. The van der Waals surface area contributed by atoms with Crippen LogP contribution in [0.2, 0.25) is 5.02 Å². The zero-order valence-corrected chi connectivity index (χ0v) is 26.1. The third-order valence-corrected chi connectivity index (χ3v) is 9.33. The molecule has 0 spiro atoms. The number of carbonyl (C=O) groups is 1. The highest BCUT2D eigenvalue weighted by molar-refractivity contribution is 6.30. The number of aryl methyl sites for hydroxylation is 1. The number of aromatic carboxylic acids is 1. The first-order valence-electron chi connectivity index (χ1n) is 15.2. The van der Waals surface area contributed by atoms with E-state index in [9.17, 15) is 14.3 Å².